The van der Waals surface area contributed by atoms with Gasteiger partial charge in [0.25, 0.3) is 5.91 Å². The van der Waals surface area contributed by atoms with Crippen LogP contribution in [0.1, 0.15) is 25.7 Å². The Hall–Kier alpha value is -2.32. The molecular weight excluding hydrogens is 384 g/mol. The summed E-state index contributed by atoms with van der Waals surface area (Å²) in [4.78, 5) is 38.5. The van der Waals surface area contributed by atoms with Crippen molar-refractivity contribution in [2.24, 2.45) is 5.92 Å². The van der Waals surface area contributed by atoms with Crippen molar-refractivity contribution in [2.45, 2.75) is 31.2 Å². The third kappa shape index (κ3) is 3.54. The summed E-state index contributed by atoms with van der Waals surface area (Å²) in [7, 11) is 0. The van der Waals surface area contributed by atoms with Gasteiger partial charge >= 0.3 is 6.03 Å². The summed E-state index contributed by atoms with van der Waals surface area (Å²) in [6, 6.07) is 5.02. The van der Waals surface area contributed by atoms with Crippen molar-refractivity contribution in [3.8, 4) is 0 Å². The highest BCUT2D eigenvalue weighted by molar-refractivity contribution is 6.34. The number of imide groups is 1. The van der Waals surface area contributed by atoms with E-state index < -0.39 is 11.6 Å². The summed E-state index contributed by atoms with van der Waals surface area (Å²) >= 11 is 6.43. The lowest BCUT2D eigenvalue weighted by Gasteiger charge is -2.34. The molecule has 150 valence electrons. The molecular formula is C19H23ClN4O4. The Morgan fingerprint density at radius 2 is 1.93 bits per heavy atom. The quantitative estimate of drug-likeness (QED) is 0.665. The van der Waals surface area contributed by atoms with Crippen LogP contribution < -0.4 is 20.9 Å². The van der Waals surface area contributed by atoms with Crippen LogP contribution in [0.4, 0.5) is 16.2 Å². The lowest BCUT2D eigenvalue weighted by Crippen LogP contribution is -2.50. The normalized spacial score (nSPS) is 27.5. The van der Waals surface area contributed by atoms with Crippen LogP contribution in [-0.2, 0) is 14.3 Å². The van der Waals surface area contributed by atoms with E-state index in [1.807, 2.05) is 18.2 Å². The monoisotopic (exact) mass is 406 g/mol. The lowest BCUT2D eigenvalue weighted by molar-refractivity contribution is -0.128. The van der Waals surface area contributed by atoms with Gasteiger partial charge in [-0.15, -0.1) is 0 Å². The number of nitrogens with one attached hydrogen (secondary N) is 3. The fourth-order valence-electron chi connectivity index (χ4n) is 4.21. The minimum atomic E-state index is -0.858. The second kappa shape index (κ2) is 7.60. The van der Waals surface area contributed by atoms with E-state index in [-0.39, 0.29) is 17.7 Å². The average molecular weight is 407 g/mol. The molecule has 9 heteroatoms. The smallest absolute Gasteiger partial charge is 0.322 e. The largest absolute Gasteiger partial charge is 0.378 e. The van der Waals surface area contributed by atoms with E-state index in [2.05, 4.69) is 20.9 Å². The van der Waals surface area contributed by atoms with E-state index in [0.717, 1.165) is 5.69 Å². The molecule has 1 spiro atoms. The maximum Gasteiger partial charge on any atom is 0.322 e. The Morgan fingerprint density at radius 3 is 2.57 bits per heavy atom. The van der Waals surface area contributed by atoms with Crippen LogP contribution in [0.2, 0.25) is 5.02 Å². The molecule has 0 atom stereocenters. The zero-order chi connectivity index (χ0) is 19.7. The first-order valence-electron chi connectivity index (χ1n) is 9.54. The van der Waals surface area contributed by atoms with Gasteiger partial charge in [-0.1, -0.05) is 17.7 Å². The number of carbonyl (C=O) groups excluding carboxylic acids is 3. The predicted molar refractivity (Wildman–Crippen MR) is 104 cm³/mol. The van der Waals surface area contributed by atoms with E-state index in [1.165, 1.54) is 0 Å². The lowest BCUT2D eigenvalue weighted by atomic mass is 9.76. The summed E-state index contributed by atoms with van der Waals surface area (Å²) in [5.74, 6) is -0.593. The number of anilines is 2. The van der Waals surface area contributed by atoms with Crippen molar-refractivity contribution in [1.82, 2.24) is 10.6 Å². The van der Waals surface area contributed by atoms with Gasteiger partial charge in [0.1, 0.15) is 5.54 Å². The first-order valence-corrected chi connectivity index (χ1v) is 9.92. The molecule has 3 aliphatic rings. The fourth-order valence-corrected chi connectivity index (χ4v) is 4.51. The van der Waals surface area contributed by atoms with E-state index >= 15 is 0 Å². The topological polar surface area (TPSA) is 99.8 Å². The molecule has 1 aliphatic carbocycles. The van der Waals surface area contributed by atoms with Gasteiger partial charge in [0.05, 0.1) is 29.6 Å². The fraction of sp³-hybridized carbons (Fsp3) is 0.526. The summed E-state index contributed by atoms with van der Waals surface area (Å²) < 4.78 is 5.40. The molecule has 28 heavy (non-hydrogen) atoms. The molecule has 3 fully saturated rings. The number of rotatable bonds is 3. The van der Waals surface area contributed by atoms with Crippen molar-refractivity contribution in [3.05, 3.63) is 23.2 Å². The number of hydrogen-bond acceptors (Lipinski definition) is 5. The van der Waals surface area contributed by atoms with Gasteiger partial charge in [0.15, 0.2) is 0 Å². The SMILES string of the molecule is O=C1NC(=O)C2(CCC(C(=O)Nc3cccc(Cl)c3N3CCOCC3)CC2)N1. The number of para-hydroxylation sites is 1. The standard InChI is InChI=1S/C19H23ClN4O4/c20-13-2-1-3-14(15(13)24-8-10-28-11-9-24)21-16(25)12-4-6-19(7-5-12)17(26)22-18(27)23-19/h1-3,12H,4-11H2,(H,21,25)(H2,22,23,26,27). The summed E-state index contributed by atoms with van der Waals surface area (Å²) in [6.45, 7) is 2.68. The molecule has 8 nitrogen and oxygen atoms in total. The van der Waals surface area contributed by atoms with E-state index in [4.69, 9.17) is 16.3 Å². The maximum atomic E-state index is 12.9. The first kappa shape index (κ1) is 19.0. The molecule has 2 saturated heterocycles. The Kier molecular flexibility index (Phi) is 5.16. The van der Waals surface area contributed by atoms with Gasteiger partial charge in [-0.3, -0.25) is 14.9 Å². The van der Waals surface area contributed by atoms with Crippen LogP contribution in [0.15, 0.2) is 18.2 Å². The summed E-state index contributed by atoms with van der Waals surface area (Å²) in [6.07, 6.45) is 1.98. The van der Waals surface area contributed by atoms with Gasteiger partial charge in [-0.2, -0.15) is 0 Å². The first-order chi connectivity index (χ1) is 13.5. The zero-order valence-corrected chi connectivity index (χ0v) is 16.2. The Labute approximate surface area is 167 Å². The van der Waals surface area contributed by atoms with Gasteiger partial charge in [-0.05, 0) is 37.8 Å². The summed E-state index contributed by atoms with van der Waals surface area (Å²) in [5, 5.41) is 8.63. The highest BCUT2D eigenvalue weighted by Crippen LogP contribution is 2.37. The molecule has 0 unspecified atom stereocenters. The maximum absolute atomic E-state index is 12.9. The third-order valence-corrected chi connectivity index (χ3v) is 6.10. The van der Waals surface area contributed by atoms with E-state index in [1.54, 1.807) is 0 Å². The number of halogens is 1. The van der Waals surface area contributed by atoms with Gasteiger partial charge < -0.3 is 20.3 Å². The Bertz CT molecular complexity index is 801. The zero-order valence-electron chi connectivity index (χ0n) is 15.4. The number of nitrogens with zero attached hydrogens (tertiary/aromatic N) is 1. The van der Waals surface area contributed by atoms with Crippen molar-refractivity contribution in [2.75, 3.05) is 36.5 Å². The molecule has 4 amide bonds. The highest BCUT2D eigenvalue weighted by Gasteiger charge is 2.48. The highest BCUT2D eigenvalue weighted by atomic mass is 35.5. The second-order valence-electron chi connectivity index (χ2n) is 7.49. The molecule has 2 aliphatic heterocycles. The second-order valence-corrected chi connectivity index (χ2v) is 7.90. The minimum Gasteiger partial charge on any atom is -0.378 e. The molecule has 1 aromatic carbocycles. The van der Waals surface area contributed by atoms with Crippen LogP contribution in [0, 0.1) is 5.92 Å². The van der Waals surface area contributed by atoms with E-state index in [9.17, 15) is 14.4 Å². The number of ether oxygens (including phenoxy) is 1. The third-order valence-electron chi connectivity index (χ3n) is 5.80. The molecule has 0 aromatic heterocycles. The molecule has 0 radical (unpaired) electrons. The van der Waals surface area contributed by atoms with Crippen molar-refractivity contribution < 1.29 is 19.1 Å². The summed E-state index contributed by atoms with van der Waals surface area (Å²) in [5.41, 5.74) is 0.644. The predicted octanol–water partition coefficient (Wildman–Crippen LogP) is 1.88. The van der Waals surface area contributed by atoms with Crippen molar-refractivity contribution in [1.29, 1.82) is 0 Å². The van der Waals surface area contributed by atoms with Gasteiger partial charge in [0, 0.05) is 19.0 Å². The molecule has 2 heterocycles. The van der Waals surface area contributed by atoms with Crippen LogP contribution in [0.5, 0.6) is 0 Å². The molecule has 0 bridgehead atoms. The number of amides is 4. The van der Waals surface area contributed by atoms with E-state index in [0.29, 0.717) is 62.7 Å². The van der Waals surface area contributed by atoms with Crippen LogP contribution in [-0.4, -0.2) is 49.7 Å². The number of carbonyl (C=O) groups is 3. The van der Waals surface area contributed by atoms with Gasteiger partial charge in [-0.25, -0.2) is 4.79 Å². The molecule has 1 aromatic rings. The van der Waals surface area contributed by atoms with Crippen LogP contribution in [0.3, 0.4) is 0 Å². The number of morpholine rings is 1. The minimum absolute atomic E-state index is 0.0867. The number of urea groups is 1. The van der Waals surface area contributed by atoms with Gasteiger partial charge in [0.2, 0.25) is 5.91 Å². The van der Waals surface area contributed by atoms with Crippen LogP contribution in [0.25, 0.3) is 0 Å². The Morgan fingerprint density at radius 1 is 1.21 bits per heavy atom. The van der Waals surface area contributed by atoms with Crippen LogP contribution >= 0.6 is 11.6 Å². The number of hydrogen-bond donors (Lipinski definition) is 3. The number of benzene rings is 1. The Balaban J connectivity index is 1.44. The van der Waals surface area contributed by atoms with Crippen molar-refractivity contribution >= 4 is 40.8 Å². The molecule has 4 rings (SSSR count). The average Bonchev–Trinajstić information content (AvgIpc) is 2.96. The van der Waals surface area contributed by atoms with Crippen molar-refractivity contribution in [3.63, 3.8) is 0 Å². The molecule has 1 saturated carbocycles. The molecule has 3 N–H and O–H groups in total.